The van der Waals surface area contributed by atoms with Gasteiger partial charge < -0.3 is 14.4 Å². The Morgan fingerprint density at radius 3 is 2.31 bits per heavy atom. The number of ketones is 1. The summed E-state index contributed by atoms with van der Waals surface area (Å²) in [4.78, 5) is 24.9. The number of aromatic nitrogens is 1. The van der Waals surface area contributed by atoms with E-state index < -0.39 is 5.97 Å². The van der Waals surface area contributed by atoms with Gasteiger partial charge in [0.25, 0.3) is 0 Å². The number of aliphatic hydroxyl groups excluding tert-OH is 1. The normalized spacial score (nSPS) is 11.9. The van der Waals surface area contributed by atoms with Gasteiger partial charge in [-0.25, -0.2) is 4.79 Å². The summed E-state index contributed by atoms with van der Waals surface area (Å²) in [5, 5.41) is 9.07. The quantitative estimate of drug-likeness (QED) is 0.483. The van der Waals surface area contributed by atoms with E-state index >= 15 is 0 Å². The minimum absolute atomic E-state index is 0.0883. The van der Waals surface area contributed by atoms with E-state index in [4.69, 9.17) is 9.84 Å². The van der Waals surface area contributed by atoms with E-state index in [1.165, 1.54) is 0 Å². The van der Waals surface area contributed by atoms with Gasteiger partial charge in [0, 0.05) is 17.0 Å². The smallest absolute Gasteiger partial charge is 0.338 e. The fourth-order valence-electron chi connectivity index (χ4n) is 3.57. The van der Waals surface area contributed by atoms with Crippen LogP contribution < -0.4 is 0 Å². The molecule has 0 spiro atoms. The summed E-state index contributed by atoms with van der Waals surface area (Å²) < 4.78 is 7.33. The molecule has 5 nitrogen and oxygen atoms in total. The molecular weight excluding hydrogens is 366 g/mol. The van der Waals surface area contributed by atoms with Gasteiger partial charge in [-0.2, -0.15) is 0 Å². The number of rotatable bonds is 7. The molecule has 0 fully saturated rings. The van der Waals surface area contributed by atoms with Crippen molar-refractivity contribution in [1.82, 2.24) is 4.57 Å². The van der Waals surface area contributed by atoms with E-state index in [0.29, 0.717) is 16.7 Å². The van der Waals surface area contributed by atoms with Crippen molar-refractivity contribution in [2.24, 2.45) is 0 Å². The van der Waals surface area contributed by atoms with Gasteiger partial charge in [0.2, 0.25) is 5.78 Å². The van der Waals surface area contributed by atoms with Gasteiger partial charge in [0.1, 0.15) is 0 Å². The van der Waals surface area contributed by atoms with Crippen molar-refractivity contribution >= 4 is 11.8 Å². The van der Waals surface area contributed by atoms with E-state index in [-0.39, 0.29) is 25.0 Å². The number of benzene rings is 2. The predicted octanol–water partition coefficient (Wildman–Crippen LogP) is 4.25. The summed E-state index contributed by atoms with van der Waals surface area (Å²) in [6, 6.07) is 18.5. The molecule has 0 amide bonds. The minimum atomic E-state index is -0.561. The largest absolute Gasteiger partial charge is 0.454 e. The third kappa shape index (κ3) is 4.46. The third-order valence-electron chi connectivity index (χ3n) is 5.16. The Hall–Kier alpha value is -3.18. The van der Waals surface area contributed by atoms with Crippen LogP contribution >= 0.6 is 0 Å². The number of carbonyl (C=O) groups excluding carboxylic acids is 2. The Bertz CT molecular complexity index is 1000. The highest BCUT2D eigenvalue weighted by atomic mass is 16.5. The zero-order valence-corrected chi connectivity index (χ0v) is 16.9. The van der Waals surface area contributed by atoms with Crippen LogP contribution in [0.1, 0.15) is 56.2 Å². The third-order valence-corrected chi connectivity index (χ3v) is 5.16. The number of carbonyl (C=O) groups is 2. The van der Waals surface area contributed by atoms with Crippen LogP contribution in [0.2, 0.25) is 0 Å². The van der Waals surface area contributed by atoms with E-state index in [9.17, 15) is 9.59 Å². The Kier molecular flexibility index (Phi) is 6.29. The molecule has 0 aliphatic rings. The van der Waals surface area contributed by atoms with E-state index in [1.807, 2.05) is 38.1 Å². The van der Waals surface area contributed by atoms with Crippen LogP contribution in [0.4, 0.5) is 0 Å². The molecule has 1 atom stereocenters. The Balaban J connectivity index is 1.72. The molecule has 0 radical (unpaired) electrons. The molecule has 1 heterocycles. The van der Waals surface area contributed by atoms with E-state index in [2.05, 4.69) is 23.6 Å². The molecule has 0 aliphatic carbocycles. The van der Waals surface area contributed by atoms with Crippen molar-refractivity contribution in [2.45, 2.75) is 33.4 Å². The SMILES string of the molecule is Cc1cc(C(=O)COC(=O)c2ccc(CO)cc2)c(C)n1[C@@H](C)c1ccccc1. The molecule has 3 rings (SSSR count). The second-order valence-electron chi connectivity index (χ2n) is 7.10. The lowest BCUT2D eigenvalue weighted by molar-refractivity contribution is 0.0474. The summed E-state index contributed by atoms with van der Waals surface area (Å²) in [5.41, 5.74) is 4.61. The van der Waals surface area contributed by atoms with Crippen LogP contribution in [0.15, 0.2) is 60.7 Å². The molecule has 2 aromatic carbocycles. The van der Waals surface area contributed by atoms with Crippen LogP contribution in [-0.4, -0.2) is 28.0 Å². The van der Waals surface area contributed by atoms with Gasteiger partial charge in [-0.3, -0.25) is 4.79 Å². The highest BCUT2D eigenvalue weighted by Gasteiger charge is 2.21. The van der Waals surface area contributed by atoms with E-state index in [0.717, 1.165) is 17.0 Å². The topological polar surface area (TPSA) is 68.5 Å². The number of aryl methyl sites for hydroxylation is 1. The standard InChI is InChI=1S/C24H25NO4/c1-16-13-22(18(3)25(16)17(2)20-7-5-4-6-8-20)23(27)15-29-24(28)21-11-9-19(14-26)10-12-21/h4-13,17,26H,14-15H2,1-3H3/t17-/m0/s1. The summed E-state index contributed by atoms with van der Waals surface area (Å²) in [7, 11) is 0. The number of hydrogen-bond donors (Lipinski definition) is 1. The minimum Gasteiger partial charge on any atom is -0.454 e. The molecule has 5 heteroatoms. The number of hydrogen-bond acceptors (Lipinski definition) is 4. The number of ether oxygens (including phenoxy) is 1. The highest BCUT2D eigenvalue weighted by molar-refractivity contribution is 6.00. The number of aliphatic hydroxyl groups is 1. The van der Waals surface area contributed by atoms with Gasteiger partial charge in [-0.05, 0) is 50.1 Å². The van der Waals surface area contributed by atoms with Gasteiger partial charge >= 0.3 is 5.97 Å². The van der Waals surface area contributed by atoms with Gasteiger partial charge in [0.05, 0.1) is 18.2 Å². The first-order valence-electron chi connectivity index (χ1n) is 9.56. The Morgan fingerprint density at radius 2 is 1.69 bits per heavy atom. The zero-order chi connectivity index (χ0) is 21.0. The molecule has 0 bridgehead atoms. The van der Waals surface area contributed by atoms with Crippen LogP contribution in [0.3, 0.4) is 0 Å². The summed E-state index contributed by atoms with van der Waals surface area (Å²) in [6.07, 6.45) is 0. The first-order chi connectivity index (χ1) is 13.9. The fraction of sp³-hybridized carbons (Fsp3) is 0.250. The molecule has 29 heavy (non-hydrogen) atoms. The monoisotopic (exact) mass is 391 g/mol. The average molecular weight is 391 g/mol. The molecule has 150 valence electrons. The predicted molar refractivity (Wildman–Crippen MR) is 111 cm³/mol. The Morgan fingerprint density at radius 1 is 1.03 bits per heavy atom. The number of nitrogens with zero attached hydrogens (tertiary/aromatic N) is 1. The van der Waals surface area contributed by atoms with Gasteiger partial charge in [-0.15, -0.1) is 0 Å². The fourth-order valence-corrected chi connectivity index (χ4v) is 3.57. The maximum Gasteiger partial charge on any atom is 0.338 e. The van der Waals surface area contributed by atoms with Crippen molar-refractivity contribution < 1.29 is 19.4 Å². The molecule has 3 aromatic rings. The average Bonchev–Trinajstić information content (AvgIpc) is 3.05. The second-order valence-corrected chi connectivity index (χ2v) is 7.10. The van der Waals surface area contributed by atoms with Crippen molar-refractivity contribution in [2.75, 3.05) is 6.61 Å². The maximum absolute atomic E-state index is 12.7. The lowest BCUT2D eigenvalue weighted by Gasteiger charge is -2.19. The van der Waals surface area contributed by atoms with Crippen molar-refractivity contribution in [3.8, 4) is 0 Å². The maximum atomic E-state index is 12.7. The molecule has 0 saturated carbocycles. The molecule has 0 aliphatic heterocycles. The van der Waals surface area contributed by atoms with Gasteiger partial charge in [0.15, 0.2) is 6.61 Å². The lowest BCUT2D eigenvalue weighted by Crippen LogP contribution is -2.16. The van der Waals surface area contributed by atoms with Crippen LogP contribution in [0, 0.1) is 13.8 Å². The highest BCUT2D eigenvalue weighted by Crippen LogP contribution is 2.25. The van der Waals surface area contributed by atoms with Crippen LogP contribution in [0.5, 0.6) is 0 Å². The van der Waals surface area contributed by atoms with Gasteiger partial charge in [-0.1, -0.05) is 42.5 Å². The van der Waals surface area contributed by atoms with Crippen molar-refractivity contribution in [3.63, 3.8) is 0 Å². The van der Waals surface area contributed by atoms with Crippen molar-refractivity contribution in [1.29, 1.82) is 0 Å². The first kappa shape index (κ1) is 20.6. The van der Waals surface area contributed by atoms with Crippen molar-refractivity contribution in [3.05, 3.63) is 94.3 Å². The number of Topliss-reactive ketones (excluding diaryl/α,β-unsaturated/α-hetero) is 1. The second kappa shape index (κ2) is 8.88. The first-order valence-corrected chi connectivity index (χ1v) is 9.56. The Labute approximate surface area is 170 Å². The lowest BCUT2D eigenvalue weighted by atomic mass is 10.1. The molecular formula is C24H25NO4. The summed E-state index contributed by atoms with van der Waals surface area (Å²) >= 11 is 0. The molecule has 0 unspecified atom stereocenters. The summed E-state index contributed by atoms with van der Waals surface area (Å²) in [5.74, 6) is -0.792. The van der Waals surface area contributed by atoms with E-state index in [1.54, 1.807) is 24.3 Å². The molecule has 0 saturated heterocycles. The summed E-state index contributed by atoms with van der Waals surface area (Å²) in [6.45, 7) is 5.57. The zero-order valence-electron chi connectivity index (χ0n) is 16.9. The van der Waals surface area contributed by atoms with Crippen LogP contribution in [-0.2, 0) is 11.3 Å². The molecule has 1 N–H and O–H groups in total. The molecule has 1 aromatic heterocycles. The number of esters is 1. The van der Waals surface area contributed by atoms with Crippen LogP contribution in [0.25, 0.3) is 0 Å².